The molecule has 3 aromatic heterocycles. The highest BCUT2D eigenvalue weighted by molar-refractivity contribution is 5.94. The maximum atomic E-state index is 13.5. The number of carbonyl (C=O) groups excluding carboxylic acids is 1. The smallest absolute Gasteiger partial charge is 0.264 e. The van der Waals surface area contributed by atoms with Crippen LogP contribution in [-0.2, 0) is 11.8 Å². The van der Waals surface area contributed by atoms with Crippen LogP contribution in [0.2, 0.25) is 0 Å². The number of fused-ring (bicyclic) bond motifs is 3. The van der Waals surface area contributed by atoms with Crippen LogP contribution in [0.3, 0.4) is 0 Å². The lowest BCUT2D eigenvalue weighted by atomic mass is 10.1. The Balaban J connectivity index is 1.71. The van der Waals surface area contributed by atoms with Crippen molar-refractivity contribution in [3.8, 4) is 11.4 Å². The van der Waals surface area contributed by atoms with Crippen LogP contribution in [0, 0.1) is 6.92 Å². The highest BCUT2D eigenvalue weighted by atomic mass is 19.3. The van der Waals surface area contributed by atoms with Gasteiger partial charge in [0, 0.05) is 30.7 Å². The van der Waals surface area contributed by atoms with E-state index in [2.05, 4.69) is 30.8 Å². The van der Waals surface area contributed by atoms with Gasteiger partial charge in [-0.15, -0.1) is 5.10 Å². The summed E-state index contributed by atoms with van der Waals surface area (Å²) in [7, 11) is 1.79. The Morgan fingerprint density at radius 3 is 2.84 bits per heavy atom. The minimum atomic E-state index is -2.62. The van der Waals surface area contributed by atoms with E-state index in [1.54, 1.807) is 37.1 Å². The van der Waals surface area contributed by atoms with Crippen molar-refractivity contribution in [1.29, 1.82) is 0 Å². The Labute approximate surface area is 181 Å². The molecule has 9 nitrogen and oxygen atoms in total. The van der Waals surface area contributed by atoms with Crippen LogP contribution in [0.25, 0.3) is 27.9 Å². The first-order valence-corrected chi connectivity index (χ1v) is 10.4. The van der Waals surface area contributed by atoms with Crippen LogP contribution >= 0.6 is 0 Å². The second kappa shape index (κ2) is 7.81. The van der Waals surface area contributed by atoms with Gasteiger partial charge in [-0.1, -0.05) is 0 Å². The van der Waals surface area contributed by atoms with Crippen LogP contribution in [0.1, 0.15) is 36.8 Å². The van der Waals surface area contributed by atoms with Crippen molar-refractivity contribution in [3.05, 3.63) is 35.7 Å². The lowest BCUT2D eigenvalue weighted by Gasteiger charge is -2.17. The topological polar surface area (TPSA) is 102 Å². The summed E-state index contributed by atoms with van der Waals surface area (Å²) >= 11 is 0. The number of halogens is 2. The zero-order valence-corrected chi connectivity index (χ0v) is 17.6. The minimum absolute atomic E-state index is 0.0838. The number of amides is 1. The molecule has 0 aliphatic carbocycles. The van der Waals surface area contributed by atoms with E-state index >= 15 is 0 Å². The largest absolute Gasteiger partial charge is 0.354 e. The van der Waals surface area contributed by atoms with Gasteiger partial charge in [0.1, 0.15) is 6.04 Å². The Bertz CT molecular complexity index is 1330. The first-order chi connectivity index (χ1) is 15.4. The highest BCUT2D eigenvalue weighted by Crippen LogP contribution is 2.31. The molecule has 5 rings (SSSR count). The molecule has 1 saturated heterocycles. The van der Waals surface area contributed by atoms with E-state index in [1.165, 1.54) is 10.6 Å². The van der Waals surface area contributed by atoms with E-state index in [0.29, 0.717) is 46.5 Å². The van der Waals surface area contributed by atoms with Crippen LogP contribution in [0.15, 0.2) is 24.5 Å². The number of nitrogens with zero attached hydrogens (tertiary/aromatic N) is 6. The van der Waals surface area contributed by atoms with Gasteiger partial charge in [-0.25, -0.2) is 18.7 Å². The number of rotatable bonds is 4. The molecule has 0 spiro atoms. The first-order valence-electron chi connectivity index (χ1n) is 10.4. The van der Waals surface area contributed by atoms with Gasteiger partial charge in [0.2, 0.25) is 11.9 Å². The number of aryl methyl sites for hydroxylation is 2. The molecule has 4 heterocycles. The summed E-state index contributed by atoms with van der Waals surface area (Å²) < 4.78 is 30.2. The molecule has 166 valence electrons. The number of alkyl halides is 2. The van der Waals surface area contributed by atoms with Crippen LogP contribution in [0.4, 0.5) is 14.7 Å². The number of nitrogens with one attached hydrogen (secondary N) is 2. The van der Waals surface area contributed by atoms with Crippen molar-refractivity contribution >= 4 is 28.4 Å². The maximum absolute atomic E-state index is 13.5. The molecule has 1 aromatic carbocycles. The quantitative estimate of drug-likeness (QED) is 0.506. The summed E-state index contributed by atoms with van der Waals surface area (Å²) in [6.45, 7) is 2.26. The molecule has 2 N–H and O–H groups in total. The molecule has 0 radical (unpaired) electrons. The molecule has 1 atom stereocenters. The van der Waals surface area contributed by atoms with E-state index in [1.807, 2.05) is 0 Å². The van der Waals surface area contributed by atoms with Crippen LogP contribution in [-0.4, -0.2) is 47.9 Å². The van der Waals surface area contributed by atoms with Crippen molar-refractivity contribution < 1.29 is 13.6 Å². The molecule has 0 bridgehead atoms. The summed E-state index contributed by atoms with van der Waals surface area (Å²) in [5.41, 5.74) is 1.91. The summed E-state index contributed by atoms with van der Waals surface area (Å²) in [6.07, 6.45) is 3.22. The fraction of sp³-hybridized carbons (Fsp3) is 0.381. The van der Waals surface area contributed by atoms with Crippen LogP contribution < -0.4 is 10.6 Å². The molecule has 1 fully saturated rings. The van der Waals surface area contributed by atoms with Gasteiger partial charge in [-0.05, 0) is 43.9 Å². The third-order valence-corrected chi connectivity index (χ3v) is 5.70. The second-order valence-corrected chi connectivity index (χ2v) is 8.02. The molecule has 1 amide bonds. The lowest BCUT2D eigenvalue weighted by Crippen LogP contribution is -2.38. The Morgan fingerprint density at radius 2 is 2.09 bits per heavy atom. The van der Waals surface area contributed by atoms with Crippen LogP contribution in [0.5, 0.6) is 0 Å². The highest BCUT2D eigenvalue weighted by Gasteiger charge is 2.24. The maximum Gasteiger partial charge on any atom is 0.264 e. The van der Waals surface area contributed by atoms with Gasteiger partial charge in [0.15, 0.2) is 11.5 Å². The predicted octanol–water partition coefficient (Wildman–Crippen LogP) is 3.00. The SMILES string of the molecule is Cc1cc2c(cc1C(F)F)nc(N[C@@H]1CCCCNC1=O)n1nc(-c3cnn(C)c3)nc21. The average Bonchev–Trinajstić information content (AvgIpc) is 3.33. The number of carbonyl (C=O) groups is 1. The van der Waals surface area contributed by atoms with E-state index in [4.69, 9.17) is 0 Å². The molecule has 0 saturated carbocycles. The standard InChI is InChI=1S/C21H22F2N8O/c1-11-7-14-16(8-13(11)17(22)23)27-21(26-15-5-3-4-6-24-20(15)32)31-19(14)28-18(29-31)12-9-25-30(2)10-12/h7-10,15,17H,3-6H2,1-2H3,(H,24,32)(H,26,27)/t15-/m1/s1. The number of hydrogen-bond donors (Lipinski definition) is 2. The zero-order chi connectivity index (χ0) is 22.4. The molecular formula is C21H22F2N8O. The van der Waals surface area contributed by atoms with Gasteiger partial charge < -0.3 is 10.6 Å². The Hall–Kier alpha value is -3.63. The number of hydrogen-bond acceptors (Lipinski definition) is 6. The summed E-state index contributed by atoms with van der Waals surface area (Å²) in [4.78, 5) is 21.7. The van der Waals surface area contributed by atoms with Crippen molar-refractivity contribution in [2.45, 2.75) is 38.7 Å². The van der Waals surface area contributed by atoms with Crippen molar-refractivity contribution in [2.24, 2.45) is 7.05 Å². The molecule has 1 aliphatic heterocycles. The predicted molar refractivity (Wildman–Crippen MR) is 114 cm³/mol. The lowest BCUT2D eigenvalue weighted by molar-refractivity contribution is -0.121. The molecule has 32 heavy (non-hydrogen) atoms. The van der Waals surface area contributed by atoms with E-state index in [0.717, 1.165) is 12.8 Å². The molecule has 4 aromatic rings. The van der Waals surface area contributed by atoms with Crippen molar-refractivity contribution in [3.63, 3.8) is 0 Å². The molecule has 11 heteroatoms. The summed E-state index contributed by atoms with van der Waals surface area (Å²) in [5, 5.41) is 15.4. The fourth-order valence-corrected chi connectivity index (χ4v) is 4.00. The summed E-state index contributed by atoms with van der Waals surface area (Å²) in [6, 6.07) is 2.53. The van der Waals surface area contributed by atoms with E-state index in [9.17, 15) is 13.6 Å². The fourth-order valence-electron chi connectivity index (χ4n) is 4.00. The van der Waals surface area contributed by atoms with Crippen molar-refractivity contribution in [1.82, 2.24) is 34.7 Å². The third-order valence-electron chi connectivity index (χ3n) is 5.70. The zero-order valence-electron chi connectivity index (χ0n) is 17.6. The minimum Gasteiger partial charge on any atom is -0.354 e. The molecular weight excluding hydrogens is 418 g/mol. The van der Waals surface area contributed by atoms with Gasteiger partial charge in [0.25, 0.3) is 6.43 Å². The van der Waals surface area contributed by atoms with E-state index < -0.39 is 12.5 Å². The van der Waals surface area contributed by atoms with Gasteiger partial charge in [-0.2, -0.15) is 9.61 Å². The number of aromatic nitrogens is 6. The molecule has 1 aliphatic rings. The van der Waals surface area contributed by atoms with E-state index in [-0.39, 0.29) is 17.4 Å². The number of anilines is 1. The van der Waals surface area contributed by atoms with Gasteiger partial charge >= 0.3 is 0 Å². The molecule has 0 unspecified atom stereocenters. The van der Waals surface area contributed by atoms with Crippen molar-refractivity contribution in [2.75, 3.05) is 11.9 Å². The average molecular weight is 440 g/mol. The third kappa shape index (κ3) is 3.53. The van der Waals surface area contributed by atoms with Gasteiger partial charge in [0.05, 0.1) is 17.3 Å². The number of benzene rings is 1. The first kappa shape index (κ1) is 20.3. The Kier molecular flexibility index (Phi) is 4.95. The second-order valence-electron chi connectivity index (χ2n) is 8.02. The Morgan fingerprint density at radius 1 is 1.25 bits per heavy atom. The normalized spacial score (nSPS) is 17.2. The van der Waals surface area contributed by atoms with Gasteiger partial charge in [-0.3, -0.25) is 9.48 Å². The monoisotopic (exact) mass is 440 g/mol. The summed E-state index contributed by atoms with van der Waals surface area (Å²) in [5.74, 6) is 0.583.